The zero-order valence-corrected chi connectivity index (χ0v) is 30.6. The number of rotatable bonds is 3. The Balaban J connectivity index is 1.17. The van der Waals surface area contributed by atoms with Crippen molar-refractivity contribution in [3.05, 3.63) is 172 Å². The van der Waals surface area contributed by atoms with E-state index in [2.05, 4.69) is 194 Å². The largest absolute Gasteiger partial charge is 0.329 e. The van der Waals surface area contributed by atoms with Crippen molar-refractivity contribution in [1.29, 1.82) is 0 Å². The quantitative estimate of drug-likeness (QED) is 0.170. The number of hydrogen-bond donors (Lipinski definition) is 0. The van der Waals surface area contributed by atoms with E-state index in [0.717, 1.165) is 6.42 Å². The van der Waals surface area contributed by atoms with Crippen molar-refractivity contribution >= 4 is 69.6 Å². The molecule has 246 valence electrons. The average Bonchev–Trinajstić information content (AvgIpc) is 3.80. The lowest BCUT2D eigenvalue weighted by Crippen LogP contribution is -2.61. The van der Waals surface area contributed by atoms with Crippen LogP contribution in [-0.2, 0) is 5.41 Å². The molecule has 51 heavy (non-hydrogen) atoms. The molecule has 0 bridgehead atoms. The lowest BCUT2D eigenvalue weighted by Gasteiger charge is -2.49. The molecule has 4 aliphatic heterocycles. The van der Waals surface area contributed by atoms with E-state index >= 15 is 0 Å². The number of thioether (sulfide) groups is 2. The maximum atomic E-state index is 2.69. The fourth-order valence-electron chi connectivity index (χ4n) is 9.73. The van der Waals surface area contributed by atoms with E-state index in [4.69, 9.17) is 0 Å². The molecule has 5 heteroatoms. The van der Waals surface area contributed by atoms with Gasteiger partial charge in [0.1, 0.15) is 0 Å². The fraction of sp³-hybridized carbons (Fsp3) is 0.174. The lowest BCUT2D eigenvalue weighted by atomic mass is 9.30. The monoisotopic (exact) mass is 692 g/mol. The Kier molecular flexibility index (Phi) is 6.47. The van der Waals surface area contributed by atoms with Crippen LogP contribution in [-0.4, -0.2) is 12.1 Å². The highest BCUT2D eigenvalue weighted by Gasteiger charge is 2.57. The highest BCUT2D eigenvalue weighted by molar-refractivity contribution is 8.09. The second-order valence-electron chi connectivity index (χ2n) is 15.2. The Hall–Kier alpha value is -4.58. The second-order valence-corrected chi connectivity index (χ2v) is 17.7. The first-order valence-electron chi connectivity index (χ1n) is 18.2. The molecule has 4 heterocycles. The van der Waals surface area contributed by atoms with Crippen LogP contribution in [0.1, 0.15) is 47.8 Å². The van der Waals surface area contributed by atoms with Crippen LogP contribution < -0.4 is 20.7 Å². The van der Waals surface area contributed by atoms with Crippen LogP contribution >= 0.6 is 23.5 Å². The molecule has 2 nitrogen and oxygen atoms in total. The van der Waals surface area contributed by atoms with Crippen molar-refractivity contribution in [3.8, 4) is 11.1 Å². The van der Waals surface area contributed by atoms with Gasteiger partial charge >= 0.3 is 0 Å². The van der Waals surface area contributed by atoms with Gasteiger partial charge in [0.15, 0.2) is 0 Å². The normalized spacial score (nSPS) is 21.5. The highest BCUT2D eigenvalue weighted by atomic mass is 32.2. The molecule has 0 aromatic heterocycles. The summed E-state index contributed by atoms with van der Waals surface area (Å²) >= 11 is 4.29. The molecule has 0 saturated heterocycles. The predicted molar refractivity (Wildman–Crippen MR) is 221 cm³/mol. The molecule has 3 atom stereocenters. The predicted octanol–water partition coefficient (Wildman–Crippen LogP) is 11.4. The van der Waals surface area contributed by atoms with Crippen LogP contribution in [0, 0.1) is 6.92 Å². The van der Waals surface area contributed by atoms with Crippen molar-refractivity contribution in [2.75, 3.05) is 9.80 Å². The van der Waals surface area contributed by atoms with Crippen molar-refractivity contribution in [1.82, 2.24) is 0 Å². The second kappa shape index (κ2) is 11.0. The summed E-state index contributed by atoms with van der Waals surface area (Å²) in [5, 5.41) is 0.745. The van der Waals surface area contributed by atoms with Gasteiger partial charge in [-0.3, -0.25) is 0 Å². The molecule has 0 radical (unpaired) electrons. The van der Waals surface area contributed by atoms with E-state index in [1.165, 1.54) is 72.7 Å². The van der Waals surface area contributed by atoms with Crippen LogP contribution in [0.5, 0.6) is 0 Å². The molecule has 0 fully saturated rings. The molecule has 0 N–H and O–H groups in total. The van der Waals surface area contributed by atoms with Gasteiger partial charge in [0, 0.05) is 44.9 Å². The van der Waals surface area contributed by atoms with E-state index in [-0.39, 0.29) is 17.5 Å². The smallest absolute Gasteiger partial charge is 0.228 e. The Morgan fingerprint density at radius 1 is 0.647 bits per heavy atom. The summed E-state index contributed by atoms with van der Waals surface area (Å²) in [6.45, 7) is 7.28. The van der Waals surface area contributed by atoms with Crippen molar-refractivity contribution in [3.63, 3.8) is 0 Å². The van der Waals surface area contributed by atoms with E-state index in [1.807, 2.05) is 0 Å². The van der Waals surface area contributed by atoms with E-state index in [0.29, 0.717) is 11.1 Å². The van der Waals surface area contributed by atoms with E-state index in [1.54, 1.807) is 9.81 Å². The molecule has 5 aliphatic rings. The minimum absolute atomic E-state index is 0.0734. The van der Waals surface area contributed by atoms with Crippen molar-refractivity contribution in [2.45, 2.75) is 49.0 Å². The fourth-order valence-corrected chi connectivity index (χ4v) is 13.3. The minimum atomic E-state index is -0.0734. The Morgan fingerprint density at radius 3 is 2.14 bits per heavy atom. The number of hydrogen-bond acceptors (Lipinski definition) is 4. The molecule has 1 aliphatic carbocycles. The number of nitrogens with zero attached hydrogens (tertiary/aromatic N) is 2. The van der Waals surface area contributed by atoms with E-state index < -0.39 is 0 Å². The Bertz CT molecular complexity index is 2420. The summed E-state index contributed by atoms with van der Waals surface area (Å²) in [5.74, 6) is 0.334. The van der Waals surface area contributed by atoms with Crippen LogP contribution in [0.4, 0.5) is 28.4 Å². The summed E-state index contributed by atoms with van der Waals surface area (Å²) in [4.78, 5) is 8.46. The molecule has 0 saturated carbocycles. The Labute approximate surface area is 309 Å². The number of anilines is 5. The first-order chi connectivity index (χ1) is 25.0. The lowest BCUT2D eigenvalue weighted by molar-refractivity contribution is 0.661. The third kappa shape index (κ3) is 4.22. The van der Waals surface area contributed by atoms with E-state index in [9.17, 15) is 0 Å². The average molecular weight is 693 g/mol. The topological polar surface area (TPSA) is 6.48 Å². The van der Waals surface area contributed by atoms with Gasteiger partial charge in [-0.2, -0.15) is 0 Å². The number of benzene rings is 6. The maximum Gasteiger partial charge on any atom is 0.228 e. The first kappa shape index (κ1) is 30.1. The van der Waals surface area contributed by atoms with Gasteiger partial charge in [-0.05, 0) is 104 Å². The molecular weight excluding hydrogens is 655 g/mol. The van der Waals surface area contributed by atoms with Crippen LogP contribution in [0.2, 0.25) is 5.82 Å². The minimum Gasteiger partial charge on any atom is -0.329 e. The molecule has 0 amide bonds. The SMILES string of the molecule is Cc1ccc(C2CC3=C(S2)C2B4c5cc6c(cc5N(c5ccccc5)c5cccc(c54)N(c4ccccc4)C2S3)-c2ccccc2C6(C)C)cc1. The number of allylic oxidation sites excluding steroid dienone is 1. The number of aryl methyl sites for hydroxylation is 1. The first-order valence-corrected chi connectivity index (χ1v) is 20.0. The standard InChI is InChI=1S/C46H37BN2S2/c1-28-21-23-29(24-22-28)40-27-41-44(50-40)43-45(51-41)49(31-15-8-5-9-16-31)38-20-12-19-37-42(38)47(43)36-26-35-33(32-17-10-11-18-34(32)46(35,2)3)25-39(36)48(37)30-13-6-4-7-14-30/h4-26,40,43,45H,27H2,1-3H3. The highest BCUT2D eigenvalue weighted by Crippen LogP contribution is 2.66. The van der Waals surface area contributed by atoms with Crippen LogP contribution in [0.3, 0.4) is 0 Å². The molecule has 0 spiro atoms. The van der Waals surface area contributed by atoms with Gasteiger partial charge in [-0.15, -0.1) is 23.5 Å². The summed E-state index contributed by atoms with van der Waals surface area (Å²) in [5.41, 5.74) is 17.7. The van der Waals surface area contributed by atoms with Crippen molar-refractivity contribution < 1.29 is 0 Å². The van der Waals surface area contributed by atoms with Crippen LogP contribution in [0.15, 0.2) is 149 Å². The van der Waals surface area contributed by atoms with Crippen LogP contribution in [0.25, 0.3) is 11.1 Å². The summed E-state index contributed by atoms with van der Waals surface area (Å²) in [7, 11) is 0. The zero-order chi connectivity index (χ0) is 34.0. The van der Waals surface area contributed by atoms with Gasteiger partial charge in [-0.25, -0.2) is 0 Å². The molecule has 11 rings (SSSR count). The summed E-state index contributed by atoms with van der Waals surface area (Å²) in [6, 6.07) is 52.8. The van der Waals surface area contributed by atoms with Crippen molar-refractivity contribution in [2.24, 2.45) is 0 Å². The molecular formula is C46H37BN2S2. The van der Waals surface area contributed by atoms with Gasteiger partial charge in [0.25, 0.3) is 0 Å². The molecule has 3 unspecified atom stereocenters. The zero-order valence-electron chi connectivity index (χ0n) is 29.0. The Morgan fingerprint density at radius 2 is 1.35 bits per heavy atom. The summed E-state index contributed by atoms with van der Waals surface area (Å²) in [6.07, 6.45) is 1.11. The van der Waals surface area contributed by atoms with Gasteiger partial charge < -0.3 is 9.80 Å². The van der Waals surface area contributed by atoms with Gasteiger partial charge in [-0.1, -0.05) is 116 Å². The molecule has 6 aromatic rings. The summed E-state index contributed by atoms with van der Waals surface area (Å²) < 4.78 is 0. The maximum absolute atomic E-state index is 2.69. The van der Waals surface area contributed by atoms with Gasteiger partial charge in [0.05, 0.1) is 5.37 Å². The number of fused-ring (bicyclic) bond motifs is 8. The third-order valence-corrected chi connectivity index (χ3v) is 15.1. The molecule has 6 aromatic carbocycles. The number of para-hydroxylation sites is 2. The van der Waals surface area contributed by atoms with Gasteiger partial charge in [0.2, 0.25) is 6.71 Å². The third-order valence-electron chi connectivity index (χ3n) is 12.1.